The first-order valence-electron chi connectivity index (χ1n) is 5.84. The maximum atomic E-state index is 12.7. The third kappa shape index (κ3) is 4.02. The summed E-state index contributed by atoms with van der Waals surface area (Å²) in [4.78, 5) is 11.0. The van der Waals surface area contributed by atoms with E-state index < -0.39 is 11.9 Å². The number of hydrazine groups is 1. The summed E-state index contributed by atoms with van der Waals surface area (Å²) in [6.45, 7) is 1.93. The molecule has 0 aromatic carbocycles. The zero-order valence-electron chi connectivity index (χ0n) is 10.9. The molecular formula is C10H12F3N7O. The molecule has 0 aliphatic carbocycles. The standard InChI is InChI=1S/C10H12F3N7O/c1-5-16-8(21-20-5)2-3-15-7-4-6(10(11,12)13)17-9(18-7)19-14/h4H,2-3,14H2,1H3,(H2,15,17,18,19). The van der Waals surface area contributed by atoms with Crippen molar-refractivity contribution in [1.82, 2.24) is 20.1 Å². The Hall–Kier alpha value is -2.43. The zero-order chi connectivity index (χ0) is 15.5. The fourth-order valence-corrected chi connectivity index (χ4v) is 1.49. The van der Waals surface area contributed by atoms with Gasteiger partial charge in [0.05, 0.1) is 0 Å². The lowest BCUT2D eigenvalue weighted by Crippen LogP contribution is -2.17. The number of halogens is 3. The molecule has 0 bridgehead atoms. The number of rotatable bonds is 5. The van der Waals surface area contributed by atoms with Crippen molar-refractivity contribution in [3.63, 3.8) is 0 Å². The quantitative estimate of drug-likeness (QED) is 0.556. The molecule has 0 amide bonds. The Kier molecular flexibility index (Phi) is 4.21. The summed E-state index contributed by atoms with van der Waals surface area (Å²) in [5, 5.41) is 6.32. The molecule has 2 heterocycles. The molecule has 8 nitrogen and oxygen atoms in total. The topological polar surface area (TPSA) is 115 Å². The predicted molar refractivity (Wildman–Crippen MR) is 66.1 cm³/mol. The van der Waals surface area contributed by atoms with Crippen LogP contribution in [0, 0.1) is 6.92 Å². The van der Waals surface area contributed by atoms with Gasteiger partial charge in [0, 0.05) is 19.0 Å². The van der Waals surface area contributed by atoms with Gasteiger partial charge in [-0.25, -0.2) is 10.8 Å². The van der Waals surface area contributed by atoms with E-state index in [2.05, 4.69) is 25.4 Å². The van der Waals surface area contributed by atoms with Gasteiger partial charge in [-0.15, -0.1) is 0 Å². The van der Waals surface area contributed by atoms with Crippen molar-refractivity contribution in [2.45, 2.75) is 19.5 Å². The highest BCUT2D eigenvalue weighted by molar-refractivity contribution is 5.42. The molecule has 0 aliphatic heterocycles. The lowest BCUT2D eigenvalue weighted by atomic mass is 10.3. The minimum atomic E-state index is -4.59. The van der Waals surface area contributed by atoms with Crippen LogP contribution in [0.15, 0.2) is 10.6 Å². The molecule has 0 saturated carbocycles. The van der Waals surface area contributed by atoms with E-state index in [1.54, 1.807) is 6.92 Å². The third-order valence-corrected chi connectivity index (χ3v) is 2.36. The normalized spacial score (nSPS) is 11.5. The maximum Gasteiger partial charge on any atom is 0.433 e. The van der Waals surface area contributed by atoms with Crippen molar-refractivity contribution >= 4 is 11.8 Å². The van der Waals surface area contributed by atoms with Crippen LogP contribution in [0.3, 0.4) is 0 Å². The molecule has 0 fully saturated rings. The SMILES string of the molecule is Cc1noc(CCNc2cc(C(F)(F)F)nc(NN)n2)n1. The Morgan fingerprint density at radius 1 is 1.29 bits per heavy atom. The average molecular weight is 303 g/mol. The second-order valence-corrected chi connectivity index (χ2v) is 4.02. The second-order valence-electron chi connectivity index (χ2n) is 4.02. The number of hydrogen-bond donors (Lipinski definition) is 3. The molecule has 0 atom stereocenters. The summed E-state index contributed by atoms with van der Waals surface area (Å²) >= 11 is 0. The van der Waals surface area contributed by atoms with Crippen molar-refractivity contribution in [1.29, 1.82) is 0 Å². The minimum Gasteiger partial charge on any atom is -0.369 e. The molecule has 114 valence electrons. The number of nitrogens with one attached hydrogen (secondary N) is 2. The van der Waals surface area contributed by atoms with Crippen LogP contribution >= 0.6 is 0 Å². The van der Waals surface area contributed by atoms with Gasteiger partial charge < -0.3 is 9.84 Å². The van der Waals surface area contributed by atoms with E-state index in [0.29, 0.717) is 18.1 Å². The van der Waals surface area contributed by atoms with Crippen molar-refractivity contribution in [2.24, 2.45) is 5.84 Å². The number of aryl methyl sites for hydroxylation is 1. The summed E-state index contributed by atoms with van der Waals surface area (Å²) in [6, 6.07) is 0.792. The molecule has 2 aromatic rings. The van der Waals surface area contributed by atoms with Gasteiger partial charge in [-0.3, -0.25) is 5.43 Å². The van der Waals surface area contributed by atoms with Crippen molar-refractivity contribution in [3.8, 4) is 0 Å². The van der Waals surface area contributed by atoms with Crippen molar-refractivity contribution in [3.05, 3.63) is 23.5 Å². The first-order chi connectivity index (χ1) is 9.88. The van der Waals surface area contributed by atoms with E-state index in [-0.39, 0.29) is 18.3 Å². The van der Waals surface area contributed by atoms with Crippen LogP contribution in [-0.2, 0) is 12.6 Å². The highest BCUT2D eigenvalue weighted by Gasteiger charge is 2.33. The summed E-state index contributed by atoms with van der Waals surface area (Å²) in [5.74, 6) is 5.57. The summed E-state index contributed by atoms with van der Waals surface area (Å²) < 4.78 is 42.8. The van der Waals surface area contributed by atoms with Crippen molar-refractivity contribution < 1.29 is 17.7 Å². The molecular weight excluding hydrogens is 291 g/mol. The van der Waals surface area contributed by atoms with Crippen LogP contribution < -0.4 is 16.6 Å². The van der Waals surface area contributed by atoms with Crippen LogP contribution in [0.5, 0.6) is 0 Å². The Morgan fingerprint density at radius 3 is 2.62 bits per heavy atom. The van der Waals surface area contributed by atoms with Crippen LogP contribution in [0.4, 0.5) is 24.9 Å². The molecule has 2 rings (SSSR count). The van der Waals surface area contributed by atoms with Gasteiger partial charge >= 0.3 is 6.18 Å². The van der Waals surface area contributed by atoms with Crippen LogP contribution in [0.2, 0.25) is 0 Å². The first-order valence-corrected chi connectivity index (χ1v) is 5.84. The number of alkyl halides is 3. The van der Waals surface area contributed by atoms with Gasteiger partial charge in [-0.2, -0.15) is 23.1 Å². The Bertz CT molecular complexity index is 613. The lowest BCUT2D eigenvalue weighted by Gasteiger charge is -2.10. The highest BCUT2D eigenvalue weighted by Crippen LogP contribution is 2.29. The fraction of sp³-hybridized carbons (Fsp3) is 0.400. The smallest absolute Gasteiger partial charge is 0.369 e. The Labute approximate surface area is 116 Å². The van der Waals surface area contributed by atoms with Gasteiger partial charge in [0.25, 0.3) is 0 Å². The van der Waals surface area contributed by atoms with E-state index in [0.717, 1.165) is 6.07 Å². The zero-order valence-corrected chi connectivity index (χ0v) is 10.9. The number of nitrogen functional groups attached to an aromatic ring is 1. The minimum absolute atomic E-state index is 0.0125. The Morgan fingerprint density at radius 2 is 2.05 bits per heavy atom. The number of nitrogens with two attached hydrogens (primary N) is 1. The summed E-state index contributed by atoms with van der Waals surface area (Å²) in [5.41, 5.74) is 0.892. The third-order valence-electron chi connectivity index (χ3n) is 2.36. The molecule has 0 spiro atoms. The number of hydrogen-bond acceptors (Lipinski definition) is 8. The van der Waals surface area contributed by atoms with Gasteiger partial charge in [0.15, 0.2) is 11.5 Å². The van der Waals surface area contributed by atoms with E-state index in [4.69, 9.17) is 10.4 Å². The first kappa shape index (κ1) is 15.0. The number of nitrogens with zero attached hydrogens (tertiary/aromatic N) is 4. The lowest BCUT2D eigenvalue weighted by molar-refractivity contribution is -0.141. The molecule has 0 saturated heterocycles. The van der Waals surface area contributed by atoms with Gasteiger partial charge in [-0.1, -0.05) is 5.16 Å². The van der Waals surface area contributed by atoms with Gasteiger partial charge in [-0.05, 0) is 6.92 Å². The molecule has 11 heteroatoms. The largest absolute Gasteiger partial charge is 0.433 e. The van der Waals surface area contributed by atoms with E-state index in [9.17, 15) is 13.2 Å². The van der Waals surface area contributed by atoms with E-state index in [1.807, 2.05) is 5.43 Å². The van der Waals surface area contributed by atoms with Crippen molar-refractivity contribution in [2.75, 3.05) is 17.3 Å². The average Bonchev–Trinajstić information content (AvgIpc) is 2.83. The second kappa shape index (κ2) is 5.91. The van der Waals surface area contributed by atoms with E-state index >= 15 is 0 Å². The Balaban J connectivity index is 2.05. The number of anilines is 2. The van der Waals surface area contributed by atoms with E-state index in [1.165, 1.54) is 0 Å². The fourth-order valence-electron chi connectivity index (χ4n) is 1.49. The predicted octanol–water partition coefficient (Wildman–Crippen LogP) is 1.13. The summed E-state index contributed by atoms with van der Waals surface area (Å²) in [7, 11) is 0. The van der Waals surface area contributed by atoms with Gasteiger partial charge in [0.2, 0.25) is 11.8 Å². The molecule has 2 aromatic heterocycles. The highest BCUT2D eigenvalue weighted by atomic mass is 19.4. The molecule has 21 heavy (non-hydrogen) atoms. The molecule has 0 radical (unpaired) electrons. The maximum absolute atomic E-state index is 12.7. The van der Waals surface area contributed by atoms with Crippen LogP contribution in [0.1, 0.15) is 17.4 Å². The molecule has 4 N–H and O–H groups in total. The summed E-state index contributed by atoms with van der Waals surface area (Å²) in [6.07, 6.45) is -4.24. The van der Waals surface area contributed by atoms with Gasteiger partial charge in [0.1, 0.15) is 5.82 Å². The van der Waals surface area contributed by atoms with Crippen LogP contribution in [-0.4, -0.2) is 26.7 Å². The van der Waals surface area contributed by atoms with Crippen LogP contribution in [0.25, 0.3) is 0 Å². The molecule has 0 aliphatic rings. The monoisotopic (exact) mass is 303 g/mol. The number of aromatic nitrogens is 4. The molecule has 0 unspecified atom stereocenters.